The molecule has 8 nitrogen and oxygen atoms in total. The molecule has 132 valence electrons. The zero-order chi connectivity index (χ0) is 18.1. The van der Waals surface area contributed by atoms with Crippen LogP contribution in [0.25, 0.3) is 0 Å². The van der Waals surface area contributed by atoms with Gasteiger partial charge in [0.1, 0.15) is 11.5 Å². The third kappa shape index (κ3) is 6.35. The minimum atomic E-state index is -0.263. The van der Waals surface area contributed by atoms with Crippen molar-refractivity contribution in [3.8, 4) is 6.07 Å². The van der Waals surface area contributed by atoms with Crippen LogP contribution in [-0.2, 0) is 16.1 Å². The quantitative estimate of drug-likeness (QED) is 0.727. The number of carbonyl (C=O) groups excluding carboxylic acids is 2. The Morgan fingerprint density at radius 1 is 1.44 bits per heavy atom. The van der Waals surface area contributed by atoms with E-state index in [0.717, 1.165) is 0 Å². The van der Waals surface area contributed by atoms with E-state index in [1.54, 1.807) is 30.0 Å². The molecule has 0 atom stereocenters. The first-order chi connectivity index (χ1) is 12.1. The lowest BCUT2D eigenvalue weighted by molar-refractivity contribution is -0.129. The second-order valence-corrected chi connectivity index (χ2v) is 6.15. The number of carbonyl (C=O) groups is 2. The second kappa shape index (κ2) is 9.54. The Balaban J connectivity index is 1.77. The number of hydrogen-bond acceptors (Lipinski definition) is 7. The molecule has 0 radical (unpaired) electrons. The van der Waals surface area contributed by atoms with Crippen molar-refractivity contribution in [1.29, 1.82) is 5.26 Å². The van der Waals surface area contributed by atoms with Gasteiger partial charge in [-0.3, -0.25) is 9.59 Å². The summed E-state index contributed by atoms with van der Waals surface area (Å²) in [6, 6.07) is 7.15. The Morgan fingerprint density at radius 3 is 2.92 bits per heavy atom. The highest BCUT2D eigenvalue weighted by Crippen LogP contribution is 2.11. The van der Waals surface area contributed by atoms with Crippen molar-refractivity contribution in [1.82, 2.24) is 10.1 Å². The Labute approximate surface area is 149 Å². The molecule has 0 unspecified atom stereocenters. The van der Waals surface area contributed by atoms with Crippen molar-refractivity contribution in [2.45, 2.75) is 19.9 Å². The van der Waals surface area contributed by atoms with Crippen LogP contribution in [0.4, 0.5) is 5.82 Å². The highest BCUT2D eigenvalue weighted by molar-refractivity contribution is 8.00. The van der Waals surface area contributed by atoms with Gasteiger partial charge >= 0.3 is 0 Å². The molecule has 0 saturated carbocycles. The predicted octanol–water partition coefficient (Wildman–Crippen LogP) is 2.19. The predicted molar refractivity (Wildman–Crippen MR) is 91.5 cm³/mol. The fourth-order valence-corrected chi connectivity index (χ4v) is 2.71. The maximum absolute atomic E-state index is 12.3. The van der Waals surface area contributed by atoms with Crippen molar-refractivity contribution < 1.29 is 18.5 Å². The lowest BCUT2D eigenvalue weighted by Crippen LogP contribution is -2.33. The van der Waals surface area contributed by atoms with E-state index in [-0.39, 0.29) is 29.7 Å². The summed E-state index contributed by atoms with van der Waals surface area (Å²) in [5, 5.41) is 15.0. The Kier molecular flexibility index (Phi) is 7.10. The lowest BCUT2D eigenvalue weighted by atomic mass is 10.3. The van der Waals surface area contributed by atoms with Crippen LogP contribution in [0.1, 0.15) is 17.9 Å². The molecular weight excluding hydrogens is 344 g/mol. The van der Waals surface area contributed by atoms with Crippen LogP contribution in [0, 0.1) is 18.3 Å². The van der Waals surface area contributed by atoms with Crippen molar-refractivity contribution in [2.24, 2.45) is 0 Å². The average molecular weight is 362 g/mol. The maximum atomic E-state index is 12.3. The van der Waals surface area contributed by atoms with Crippen LogP contribution >= 0.6 is 11.8 Å². The van der Waals surface area contributed by atoms with Gasteiger partial charge in [-0.05, 0) is 19.1 Å². The summed E-state index contributed by atoms with van der Waals surface area (Å²) >= 11 is 1.19. The number of aryl methyl sites for hydroxylation is 1. The zero-order valence-electron chi connectivity index (χ0n) is 13.7. The largest absolute Gasteiger partial charge is 0.467 e. The number of aromatic nitrogens is 1. The fraction of sp³-hybridized carbons (Fsp3) is 0.375. The van der Waals surface area contributed by atoms with Gasteiger partial charge in [0, 0.05) is 12.6 Å². The normalized spacial score (nSPS) is 10.2. The highest BCUT2D eigenvalue weighted by Gasteiger charge is 2.16. The Hall–Kier alpha value is -2.73. The number of anilines is 1. The standard InChI is InChI=1S/C16H18N4O4S/c1-12-8-14(19-24-12)18-15(21)10-25-11-16(22)20(6-3-5-17)9-13-4-2-7-23-13/h2,4,7-8H,3,6,9-11H2,1H3,(H,18,19,21). The van der Waals surface area contributed by atoms with Crippen molar-refractivity contribution in [3.63, 3.8) is 0 Å². The molecule has 2 heterocycles. The molecule has 0 spiro atoms. The van der Waals surface area contributed by atoms with Gasteiger partial charge in [0.2, 0.25) is 11.8 Å². The smallest absolute Gasteiger partial charge is 0.235 e. The Bertz CT molecular complexity index is 736. The molecule has 2 rings (SSSR count). The Morgan fingerprint density at radius 2 is 2.28 bits per heavy atom. The van der Waals surface area contributed by atoms with E-state index in [1.807, 2.05) is 6.07 Å². The number of nitrogens with zero attached hydrogens (tertiary/aromatic N) is 3. The summed E-state index contributed by atoms with van der Waals surface area (Å²) < 4.78 is 10.1. The van der Waals surface area contributed by atoms with Crippen molar-refractivity contribution in [3.05, 3.63) is 36.0 Å². The van der Waals surface area contributed by atoms with Crippen LogP contribution in [0.3, 0.4) is 0 Å². The number of hydrogen-bond donors (Lipinski definition) is 1. The average Bonchev–Trinajstić information content (AvgIpc) is 3.23. The van der Waals surface area contributed by atoms with E-state index in [2.05, 4.69) is 10.5 Å². The molecule has 0 aliphatic heterocycles. The van der Waals surface area contributed by atoms with Crippen molar-refractivity contribution >= 4 is 29.4 Å². The van der Waals surface area contributed by atoms with E-state index >= 15 is 0 Å². The van der Waals surface area contributed by atoms with E-state index < -0.39 is 0 Å². The van der Waals surface area contributed by atoms with Crippen LogP contribution < -0.4 is 5.32 Å². The van der Waals surface area contributed by atoms with Gasteiger partial charge in [0.15, 0.2) is 5.82 Å². The van der Waals surface area contributed by atoms with Gasteiger partial charge in [0.05, 0.1) is 36.8 Å². The molecule has 2 aromatic rings. The summed E-state index contributed by atoms with van der Waals surface area (Å²) in [4.78, 5) is 25.7. The molecule has 0 bridgehead atoms. The van der Waals surface area contributed by atoms with Gasteiger partial charge in [-0.15, -0.1) is 11.8 Å². The van der Waals surface area contributed by atoms with E-state index in [9.17, 15) is 9.59 Å². The van der Waals surface area contributed by atoms with Crippen molar-refractivity contribution in [2.75, 3.05) is 23.4 Å². The lowest BCUT2D eigenvalue weighted by Gasteiger charge is -2.20. The number of nitriles is 1. The molecule has 1 N–H and O–H groups in total. The van der Waals surface area contributed by atoms with E-state index in [4.69, 9.17) is 14.2 Å². The summed E-state index contributed by atoms with van der Waals surface area (Å²) in [5.74, 6) is 1.44. The molecule has 25 heavy (non-hydrogen) atoms. The number of thioether (sulfide) groups is 1. The molecule has 0 aliphatic rings. The van der Waals surface area contributed by atoms with E-state index in [1.165, 1.54) is 18.0 Å². The number of rotatable bonds is 9. The third-order valence-electron chi connectivity index (χ3n) is 3.13. The molecule has 0 fully saturated rings. The first-order valence-corrected chi connectivity index (χ1v) is 8.72. The second-order valence-electron chi connectivity index (χ2n) is 5.17. The number of furan rings is 1. The fourth-order valence-electron chi connectivity index (χ4n) is 1.99. The summed E-state index contributed by atoms with van der Waals surface area (Å²) in [6.45, 7) is 2.35. The topological polar surface area (TPSA) is 112 Å². The summed E-state index contributed by atoms with van der Waals surface area (Å²) in [5.41, 5.74) is 0. The van der Waals surface area contributed by atoms with Gasteiger partial charge in [-0.1, -0.05) is 5.16 Å². The molecule has 2 amide bonds. The highest BCUT2D eigenvalue weighted by atomic mass is 32.2. The number of nitrogens with one attached hydrogen (secondary N) is 1. The SMILES string of the molecule is Cc1cc(NC(=O)CSCC(=O)N(CCC#N)Cc2ccco2)no1. The van der Waals surface area contributed by atoms with Crippen LogP contribution in [-0.4, -0.2) is 39.9 Å². The zero-order valence-corrected chi connectivity index (χ0v) is 14.5. The molecule has 0 saturated heterocycles. The molecule has 9 heteroatoms. The molecule has 2 aromatic heterocycles. The third-order valence-corrected chi connectivity index (χ3v) is 4.04. The van der Waals surface area contributed by atoms with Gasteiger partial charge in [-0.2, -0.15) is 5.26 Å². The van der Waals surface area contributed by atoms with Crippen LogP contribution in [0.15, 0.2) is 33.4 Å². The minimum absolute atomic E-state index is 0.116. The molecular formula is C16H18N4O4S. The first-order valence-electron chi connectivity index (χ1n) is 7.56. The van der Waals surface area contributed by atoms with Crippen LogP contribution in [0.5, 0.6) is 0 Å². The maximum Gasteiger partial charge on any atom is 0.235 e. The van der Waals surface area contributed by atoms with Gasteiger partial charge in [-0.25, -0.2) is 0 Å². The molecule has 0 aromatic carbocycles. The minimum Gasteiger partial charge on any atom is -0.467 e. The molecule has 0 aliphatic carbocycles. The van der Waals surface area contributed by atoms with Crippen LogP contribution in [0.2, 0.25) is 0 Å². The monoisotopic (exact) mass is 362 g/mol. The number of amides is 2. The summed E-state index contributed by atoms with van der Waals surface area (Å²) in [7, 11) is 0. The van der Waals surface area contributed by atoms with Gasteiger partial charge < -0.3 is 19.2 Å². The van der Waals surface area contributed by atoms with E-state index in [0.29, 0.717) is 30.4 Å². The van der Waals surface area contributed by atoms with Gasteiger partial charge in [0.25, 0.3) is 0 Å². The first kappa shape index (κ1) is 18.6. The summed E-state index contributed by atoms with van der Waals surface area (Å²) in [6.07, 6.45) is 1.77.